The minimum Gasteiger partial charge on any atom is -0.456 e. The van der Waals surface area contributed by atoms with Gasteiger partial charge in [0.15, 0.2) is 5.15 Å². The van der Waals surface area contributed by atoms with Gasteiger partial charge in [0, 0.05) is 13.1 Å². The molecule has 0 atom stereocenters. The lowest BCUT2D eigenvalue weighted by Crippen LogP contribution is -2.10. The van der Waals surface area contributed by atoms with Crippen molar-refractivity contribution in [2.45, 2.75) is 6.61 Å². The topological polar surface area (TPSA) is 44.1 Å². The van der Waals surface area contributed by atoms with Crippen LogP contribution in [0.25, 0.3) is 0 Å². The summed E-state index contributed by atoms with van der Waals surface area (Å²) in [4.78, 5) is 11.7. The molecule has 2 rings (SSSR count). The molecule has 0 unspecified atom stereocenters. The number of esters is 1. The van der Waals surface area contributed by atoms with Crippen LogP contribution in [-0.4, -0.2) is 15.7 Å². The molecular formula is C12H11ClN2O2. The van der Waals surface area contributed by atoms with Gasteiger partial charge in [0.2, 0.25) is 0 Å². The summed E-state index contributed by atoms with van der Waals surface area (Å²) in [5, 5.41) is 4.15. The Morgan fingerprint density at radius 1 is 1.41 bits per heavy atom. The molecule has 0 aliphatic heterocycles. The van der Waals surface area contributed by atoms with Gasteiger partial charge in [-0.1, -0.05) is 41.9 Å². The normalized spacial score (nSPS) is 10.2. The average molecular weight is 251 g/mol. The minimum atomic E-state index is -0.434. The van der Waals surface area contributed by atoms with Crippen LogP contribution in [0.5, 0.6) is 0 Å². The number of benzene rings is 1. The van der Waals surface area contributed by atoms with E-state index in [0.717, 1.165) is 5.56 Å². The maximum Gasteiger partial charge on any atom is 0.356 e. The molecule has 0 aliphatic rings. The van der Waals surface area contributed by atoms with Gasteiger partial charge < -0.3 is 4.74 Å². The molecule has 17 heavy (non-hydrogen) atoms. The number of rotatable bonds is 3. The summed E-state index contributed by atoms with van der Waals surface area (Å²) in [6.07, 6.45) is 0. The Morgan fingerprint density at radius 2 is 2.12 bits per heavy atom. The first-order valence-electron chi connectivity index (χ1n) is 5.07. The number of aromatic nitrogens is 2. The molecule has 0 fully saturated rings. The van der Waals surface area contributed by atoms with Crippen LogP contribution in [0.2, 0.25) is 5.15 Å². The van der Waals surface area contributed by atoms with Crippen molar-refractivity contribution >= 4 is 17.6 Å². The third-order valence-corrected chi connectivity index (χ3v) is 2.46. The van der Waals surface area contributed by atoms with Crippen molar-refractivity contribution < 1.29 is 9.53 Å². The van der Waals surface area contributed by atoms with Gasteiger partial charge in [-0.2, -0.15) is 5.10 Å². The summed E-state index contributed by atoms with van der Waals surface area (Å²) >= 11 is 5.69. The summed E-state index contributed by atoms with van der Waals surface area (Å²) in [5.41, 5.74) is 1.28. The molecule has 0 amide bonds. The van der Waals surface area contributed by atoms with Gasteiger partial charge >= 0.3 is 5.97 Å². The van der Waals surface area contributed by atoms with Crippen LogP contribution in [0, 0.1) is 0 Å². The minimum absolute atomic E-state index is 0.239. The Kier molecular flexibility index (Phi) is 3.44. The number of hydrogen-bond acceptors (Lipinski definition) is 3. The number of carbonyl (C=O) groups excluding carboxylic acids is 1. The summed E-state index contributed by atoms with van der Waals surface area (Å²) in [7, 11) is 1.64. The molecular weight excluding hydrogens is 240 g/mol. The highest BCUT2D eigenvalue weighted by Crippen LogP contribution is 2.10. The highest BCUT2D eigenvalue weighted by molar-refractivity contribution is 6.29. The molecule has 0 spiro atoms. The molecule has 0 saturated heterocycles. The van der Waals surface area contributed by atoms with E-state index < -0.39 is 5.97 Å². The number of hydrogen-bond donors (Lipinski definition) is 0. The largest absolute Gasteiger partial charge is 0.456 e. The number of nitrogens with zero attached hydrogens (tertiary/aromatic N) is 2. The number of carbonyl (C=O) groups is 1. The summed E-state index contributed by atoms with van der Waals surface area (Å²) in [5.74, 6) is -0.434. The van der Waals surface area contributed by atoms with E-state index in [4.69, 9.17) is 16.3 Å². The van der Waals surface area contributed by atoms with Crippen molar-refractivity contribution in [1.82, 2.24) is 9.78 Å². The molecule has 5 heteroatoms. The van der Waals surface area contributed by atoms with E-state index in [1.165, 1.54) is 10.7 Å². The predicted octanol–water partition coefficient (Wildman–Crippen LogP) is 2.43. The second-order valence-corrected chi connectivity index (χ2v) is 3.92. The Labute approximate surface area is 104 Å². The van der Waals surface area contributed by atoms with E-state index in [-0.39, 0.29) is 11.8 Å². The lowest BCUT2D eigenvalue weighted by Gasteiger charge is -2.04. The Balaban J connectivity index is 2.01. The second kappa shape index (κ2) is 5.01. The molecule has 88 valence electrons. The van der Waals surface area contributed by atoms with Gasteiger partial charge in [-0.25, -0.2) is 4.79 Å². The van der Waals surface area contributed by atoms with Crippen molar-refractivity contribution in [3.05, 3.63) is 52.8 Å². The molecule has 0 radical (unpaired) electrons. The first kappa shape index (κ1) is 11.7. The lowest BCUT2D eigenvalue weighted by atomic mass is 10.2. The van der Waals surface area contributed by atoms with Gasteiger partial charge in [-0.15, -0.1) is 0 Å². The Morgan fingerprint density at radius 3 is 2.71 bits per heavy atom. The smallest absolute Gasteiger partial charge is 0.356 e. The third kappa shape index (κ3) is 2.85. The summed E-state index contributed by atoms with van der Waals surface area (Å²) in [6, 6.07) is 11.0. The highest BCUT2D eigenvalue weighted by atomic mass is 35.5. The van der Waals surface area contributed by atoms with Crippen LogP contribution in [0.1, 0.15) is 16.1 Å². The van der Waals surface area contributed by atoms with Crippen LogP contribution in [0.15, 0.2) is 36.4 Å². The number of ether oxygens (including phenoxy) is 1. The van der Waals surface area contributed by atoms with E-state index in [1.807, 2.05) is 30.3 Å². The molecule has 1 aromatic carbocycles. The van der Waals surface area contributed by atoms with Crippen molar-refractivity contribution in [3.8, 4) is 0 Å². The zero-order valence-corrected chi connectivity index (χ0v) is 10.0. The van der Waals surface area contributed by atoms with Gasteiger partial charge in [0.1, 0.15) is 12.3 Å². The van der Waals surface area contributed by atoms with E-state index in [0.29, 0.717) is 5.69 Å². The van der Waals surface area contributed by atoms with Gasteiger partial charge in [-0.3, -0.25) is 4.68 Å². The Hall–Kier alpha value is -1.81. The van der Waals surface area contributed by atoms with Crippen LogP contribution < -0.4 is 0 Å². The van der Waals surface area contributed by atoms with Gasteiger partial charge in [0.25, 0.3) is 0 Å². The molecule has 2 aromatic rings. The van der Waals surface area contributed by atoms with E-state index in [1.54, 1.807) is 7.05 Å². The lowest BCUT2D eigenvalue weighted by molar-refractivity contribution is 0.0460. The fraction of sp³-hybridized carbons (Fsp3) is 0.167. The molecule has 1 aromatic heterocycles. The predicted molar refractivity (Wildman–Crippen MR) is 63.8 cm³/mol. The van der Waals surface area contributed by atoms with E-state index in [9.17, 15) is 4.79 Å². The highest BCUT2D eigenvalue weighted by Gasteiger charge is 2.13. The monoisotopic (exact) mass is 250 g/mol. The summed E-state index contributed by atoms with van der Waals surface area (Å²) in [6.45, 7) is 0.239. The van der Waals surface area contributed by atoms with Gasteiger partial charge in [-0.05, 0) is 5.56 Å². The van der Waals surface area contributed by atoms with E-state index in [2.05, 4.69) is 5.10 Å². The van der Waals surface area contributed by atoms with Crippen LogP contribution in [0.4, 0.5) is 0 Å². The van der Waals surface area contributed by atoms with Crippen LogP contribution in [-0.2, 0) is 18.4 Å². The van der Waals surface area contributed by atoms with Crippen molar-refractivity contribution in [3.63, 3.8) is 0 Å². The van der Waals surface area contributed by atoms with Gasteiger partial charge in [0.05, 0.1) is 0 Å². The fourth-order valence-electron chi connectivity index (χ4n) is 1.42. The van der Waals surface area contributed by atoms with Crippen molar-refractivity contribution in [2.75, 3.05) is 0 Å². The van der Waals surface area contributed by atoms with Crippen molar-refractivity contribution in [1.29, 1.82) is 0 Å². The molecule has 0 bridgehead atoms. The molecule has 0 saturated carbocycles. The first-order chi connectivity index (χ1) is 8.16. The summed E-state index contributed by atoms with van der Waals surface area (Å²) < 4.78 is 6.55. The third-order valence-electron chi connectivity index (χ3n) is 2.27. The quantitative estimate of drug-likeness (QED) is 0.786. The fourth-order valence-corrected chi connectivity index (χ4v) is 1.64. The maximum atomic E-state index is 11.7. The molecule has 0 aliphatic carbocycles. The molecule has 4 nitrogen and oxygen atoms in total. The first-order valence-corrected chi connectivity index (χ1v) is 5.45. The Bertz CT molecular complexity index is 523. The zero-order valence-electron chi connectivity index (χ0n) is 9.26. The van der Waals surface area contributed by atoms with E-state index >= 15 is 0 Å². The zero-order chi connectivity index (χ0) is 12.3. The second-order valence-electron chi connectivity index (χ2n) is 3.54. The van der Waals surface area contributed by atoms with Crippen molar-refractivity contribution in [2.24, 2.45) is 7.05 Å². The number of halogens is 1. The average Bonchev–Trinajstić information content (AvgIpc) is 2.67. The molecule has 0 N–H and O–H groups in total. The standard InChI is InChI=1S/C12H11ClN2O2/c1-15-10(7-11(13)14-15)12(16)17-8-9-5-3-2-4-6-9/h2-7H,8H2,1H3. The van der Waals surface area contributed by atoms with Crippen LogP contribution >= 0.6 is 11.6 Å². The number of aryl methyl sites for hydroxylation is 1. The maximum absolute atomic E-state index is 11.7. The SMILES string of the molecule is Cn1nc(Cl)cc1C(=O)OCc1ccccc1. The van der Waals surface area contributed by atoms with Crippen LogP contribution in [0.3, 0.4) is 0 Å². The molecule has 1 heterocycles.